The van der Waals surface area contributed by atoms with Crippen LogP contribution in [-0.4, -0.2) is 27.3 Å². The molecule has 0 unspecified atom stereocenters. The van der Waals surface area contributed by atoms with E-state index in [-0.39, 0.29) is 5.97 Å². The van der Waals surface area contributed by atoms with Crippen LogP contribution in [0.25, 0.3) is 11.0 Å². The predicted molar refractivity (Wildman–Crippen MR) is 59.2 cm³/mol. The lowest BCUT2D eigenvalue weighted by Gasteiger charge is -2.05. The Hall–Kier alpha value is -1.91. The molecule has 0 amide bonds. The summed E-state index contributed by atoms with van der Waals surface area (Å²) in [6, 6.07) is 1.77. The lowest BCUT2D eigenvalue weighted by Crippen LogP contribution is -2.08. The maximum absolute atomic E-state index is 11.6. The molecule has 0 aromatic carbocycles. The van der Waals surface area contributed by atoms with E-state index >= 15 is 0 Å². The van der Waals surface area contributed by atoms with E-state index in [1.165, 1.54) is 0 Å². The van der Waals surface area contributed by atoms with Crippen LogP contribution in [0.5, 0.6) is 0 Å². The molecule has 0 saturated heterocycles. The second-order valence-corrected chi connectivity index (χ2v) is 3.52. The Bertz CT molecular complexity index is 545. The van der Waals surface area contributed by atoms with Gasteiger partial charge in [-0.3, -0.25) is 4.68 Å². The van der Waals surface area contributed by atoms with Crippen LogP contribution in [0, 0.1) is 6.92 Å². The molecule has 2 rings (SSSR count). The van der Waals surface area contributed by atoms with Gasteiger partial charge in [0.2, 0.25) is 0 Å². The molecule has 84 valence electrons. The number of nitrogens with zero attached hydrogens (tertiary/aromatic N) is 3. The fourth-order valence-corrected chi connectivity index (χ4v) is 1.58. The van der Waals surface area contributed by atoms with Crippen molar-refractivity contribution in [3.8, 4) is 0 Å². The van der Waals surface area contributed by atoms with Gasteiger partial charge in [-0.05, 0) is 19.9 Å². The fourth-order valence-electron chi connectivity index (χ4n) is 1.58. The third-order valence-electron chi connectivity index (χ3n) is 2.39. The van der Waals surface area contributed by atoms with E-state index < -0.39 is 0 Å². The Balaban J connectivity index is 2.54. The third kappa shape index (κ3) is 1.64. The monoisotopic (exact) mass is 219 g/mol. The van der Waals surface area contributed by atoms with Gasteiger partial charge in [-0.25, -0.2) is 9.78 Å². The quantitative estimate of drug-likeness (QED) is 0.717. The van der Waals surface area contributed by atoms with Crippen LogP contribution in [0.4, 0.5) is 0 Å². The summed E-state index contributed by atoms with van der Waals surface area (Å²) in [6.07, 6.45) is 1.69. The Morgan fingerprint density at radius 2 is 2.31 bits per heavy atom. The molecule has 2 aromatic rings. The van der Waals surface area contributed by atoms with Crippen molar-refractivity contribution in [3.63, 3.8) is 0 Å². The van der Waals surface area contributed by atoms with Crippen LogP contribution in [0.2, 0.25) is 0 Å². The Labute approximate surface area is 93.0 Å². The van der Waals surface area contributed by atoms with E-state index in [0.29, 0.717) is 17.9 Å². The third-order valence-corrected chi connectivity index (χ3v) is 2.39. The standard InChI is InChI=1S/C11H13N3O2/c1-4-16-11(15)9-5-8-6-12-14(3)10(8)13-7(9)2/h5-6H,4H2,1-3H3. The molecule has 2 heterocycles. The molecular weight excluding hydrogens is 206 g/mol. The number of ether oxygens (including phenoxy) is 1. The van der Waals surface area contributed by atoms with E-state index in [9.17, 15) is 4.79 Å². The van der Waals surface area contributed by atoms with Crippen LogP contribution in [0.15, 0.2) is 12.3 Å². The average Bonchev–Trinajstić information content (AvgIpc) is 2.59. The summed E-state index contributed by atoms with van der Waals surface area (Å²) in [6.45, 7) is 3.94. The minimum absolute atomic E-state index is 0.335. The minimum Gasteiger partial charge on any atom is -0.462 e. The van der Waals surface area contributed by atoms with Crippen molar-refractivity contribution in [3.05, 3.63) is 23.5 Å². The van der Waals surface area contributed by atoms with Crippen molar-refractivity contribution in [2.75, 3.05) is 6.61 Å². The van der Waals surface area contributed by atoms with Crippen molar-refractivity contribution in [1.82, 2.24) is 14.8 Å². The number of carbonyl (C=O) groups is 1. The summed E-state index contributed by atoms with van der Waals surface area (Å²) in [5.74, 6) is -0.335. The second kappa shape index (κ2) is 3.92. The number of rotatable bonds is 2. The first-order chi connectivity index (χ1) is 7.63. The zero-order valence-electron chi connectivity index (χ0n) is 9.52. The number of pyridine rings is 1. The predicted octanol–water partition coefficient (Wildman–Crippen LogP) is 1.45. The van der Waals surface area contributed by atoms with Gasteiger partial charge in [-0.2, -0.15) is 5.10 Å². The molecule has 0 fully saturated rings. The highest BCUT2D eigenvalue weighted by Gasteiger charge is 2.13. The Morgan fingerprint density at radius 1 is 1.56 bits per heavy atom. The van der Waals surface area contributed by atoms with Gasteiger partial charge < -0.3 is 4.74 Å². The van der Waals surface area contributed by atoms with Gasteiger partial charge in [0.1, 0.15) is 0 Å². The Morgan fingerprint density at radius 3 is 3.00 bits per heavy atom. The molecular formula is C11H13N3O2. The molecule has 0 aliphatic heterocycles. The first kappa shape index (κ1) is 10.6. The van der Waals surface area contributed by atoms with E-state index in [2.05, 4.69) is 10.1 Å². The molecule has 0 aliphatic carbocycles. The summed E-state index contributed by atoms with van der Waals surface area (Å²) < 4.78 is 6.64. The van der Waals surface area contributed by atoms with Gasteiger partial charge in [0.25, 0.3) is 0 Å². The van der Waals surface area contributed by atoms with Crippen LogP contribution < -0.4 is 0 Å². The molecule has 0 aliphatic rings. The van der Waals surface area contributed by atoms with Crippen molar-refractivity contribution < 1.29 is 9.53 Å². The van der Waals surface area contributed by atoms with Gasteiger partial charge in [0, 0.05) is 12.4 Å². The van der Waals surface area contributed by atoms with Crippen LogP contribution >= 0.6 is 0 Å². The van der Waals surface area contributed by atoms with Gasteiger partial charge in [0.05, 0.1) is 24.1 Å². The van der Waals surface area contributed by atoms with Gasteiger partial charge in [-0.1, -0.05) is 0 Å². The maximum atomic E-state index is 11.6. The molecule has 0 atom stereocenters. The van der Waals surface area contributed by atoms with E-state index in [1.54, 1.807) is 30.8 Å². The molecule has 5 nitrogen and oxygen atoms in total. The lowest BCUT2D eigenvalue weighted by molar-refractivity contribution is 0.0525. The van der Waals surface area contributed by atoms with Gasteiger partial charge in [0.15, 0.2) is 5.65 Å². The number of aryl methyl sites for hydroxylation is 2. The Kier molecular flexibility index (Phi) is 2.60. The molecule has 16 heavy (non-hydrogen) atoms. The molecule has 0 spiro atoms. The number of aromatic nitrogens is 3. The van der Waals surface area contributed by atoms with E-state index in [1.807, 2.05) is 7.05 Å². The summed E-state index contributed by atoms with van der Waals surface area (Å²) in [7, 11) is 1.82. The number of hydrogen-bond acceptors (Lipinski definition) is 4. The fraction of sp³-hybridized carbons (Fsp3) is 0.364. The van der Waals surface area contributed by atoms with Crippen LogP contribution in [-0.2, 0) is 11.8 Å². The van der Waals surface area contributed by atoms with Crippen molar-refractivity contribution >= 4 is 17.0 Å². The molecule has 0 bridgehead atoms. The normalized spacial score (nSPS) is 10.7. The molecule has 0 saturated carbocycles. The highest BCUT2D eigenvalue weighted by Crippen LogP contribution is 2.16. The SMILES string of the molecule is CCOC(=O)c1cc2cnn(C)c2nc1C. The van der Waals surface area contributed by atoms with Crippen molar-refractivity contribution in [2.45, 2.75) is 13.8 Å². The number of carbonyl (C=O) groups excluding carboxylic acids is 1. The second-order valence-electron chi connectivity index (χ2n) is 3.52. The summed E-state index contributed by atoms with van der Waals surface area (Å²) in [5.41, 5.74) is 1.93. The smallest absolute Gasteiger partial charge is 0.339 e. The van der Waals surface area contributed by atoms with Gasteiger partial charge in [-0.15, -0.1) is 0 Å². The summed E-state index contributed by atoms with van der Waals surface area (Å²) in [5, 5.41) is 4.93. The van der Waals surface area contributed by atoms with E-state index in [0.717, 1.165) is 11.0 Å². The van der Waals surface area contributed by atoms with E-state index in [4.69, 9.17) is 4.74 Å². The molecule has 5 heteroatoms. The summed E-state index contributed by atoms with van der Waals surface area (Å²) >= 11 is 0. The maximum Gasteiger partial charge on any atom is 0.339 e. The van der Waals surface area contributed by atoms with Crippen LogP contribution in [0.3, 0.4) is 0 Å². The van der Waals surface area contributed by atoms with Gasteiger partial charge >= 0.3 is 5.97 Å². The first-order valence-electron chi connectivity index (χ1n) is 5.10. The molecule has 0 radical (unpaired) electrons. The number of fused-ring (bicyclic) bond motifs is 1. The molecule has 0 N–H and O–H groups in total. The summed E-state index contributed by atoms with van der Waals surface area (Å²) in [4.78, 5) is 16.0. The van der Waals surface area contributed by atoms with Crippen LogP contribution in [0.1, 0.15) is 23.0 Å². The minimum atomic E-state index is -0.335. The van der Waals surface area contributed by atoms with Crippen molar-refractivity contribution in [2.24, 2.45) is 7.05 Å². The zero-order valence-corrected chi connectivity index (χ0v) is 9.52. The first-order valence-corrected chi connectivity index (χ1v) is 5.10. The highest BCUT2D eigenvalue weighted by atomic mass is 16.5. The zero-order chi connectivity index (χ0) is 11.7. The highest BCUT2D eigenvalue weighted by molar-refractivity contribution is 5.94. The largest absolute Gasteiger partial charge is 0.462 e. The molecule has 2 aromatic heterocycles. The van der Waals surface area contributed by atoms with Crippen molar-refractivity contribution in [1.29, 1.82) is 0 Å². The number of esters is 1. The average molecular weight is 219 g/mol. The lowest BCUT2D eigenvalue weighted by atomic mass is 10.2. The number of hydrogen-bond donors (Lipinski definition) is 0. The topological polar surface area (TPSA) is 57.0 Å².